The molecule has 0 unspecified atom stereocenters. The summed E-state index contributed by atoms with van der Waals surface area (Å²) in [6, 6.07) is 0. The molecule has 1 aromatic rings. The van der Waals surface area contributed by atoms with Crippen LogP contribution in [-0.4, -0.2) is 9.97 Å². The predicted molar refractivity (Wildman–Crippen MR) is 45.0 cm³/mol. The van der Waals surface area contributed by atoms with Crippen LogP contribution in [0.2, 0.25) is 0 Å². The molecular formula is C9H8N2. The van der Waals surface area contributed by atoms with Gasteiger partial charge in [0.25, 0.3) is 0 Å². The SMILES string of the molecule is C1=CC=c2nc[nH]c2=CC=C1. The summed E-state index contributed by atoms with van der Waals surface area (Å²) in [6.45, 7) is 0. The van der Waals surface area contributed by atoms with Gasteiger partial charge in [0.2, 0.25) is 0 Å². The molecule has 0 atom stereocenters. The maximum atomic E-state index is 4.13. The van der Waals surface area contributed by atoms with Gasteiger partial charge in [-0.15, -0.1) is 0 Å². The summed E-state index contributed by atoms with van der Waals surface area (Å²) in [6.07, 6.45) is 13.6. The van der Waals surface area contributed by atoms with Crippen molar-refractivity contribution in [2.75, 3.05) is 0 Å². The maximum Gasteiger partial charge on any atom is 0.0931 e. The minimum atomic E-state index is 0.991. The fraction of sp³-hybridized carbons (Fsp3) is 0. The first-order chi connectivity index (χ1) is 5.47. The number of nitrogens with zero attached hydrogens (tertiary/aromatic N) is 1. The third-order valence-electron chi connectivity index (χ3n) is 1.55. The highest BCUT2D eigenvalue weighted by atomic mass is 14.8. The van der Waals surface area contributed by atoms with Gasteiger partial charge in [-0.3, -0.25) is 0 Å². The standard InChI is InChI=1S/C9H8N2/c1-2-4-6-9-8(5-3-1)10-7-11-9/h1-7H,(H,10,11). The van der Waals surface area contributed by atoms with Gasteiger partial charge < -0.3 is 4.98 Å². The van der Waals surface area contributed by atoms with Crippen LogP contribution in [0, 0.1) is 0 Å². The van der Waals surface area contributed by atoms with Crippen molar-refractivity contribution in [3.63, 3.8) is 0 Å². The van der Waals surface area contributed by atoms with Crippen LogP contribution < -0.4 is 10.7 Å². The Bertz CT molecular complexity index is 369. The van der Waals surface area contributed by atoms with Crippen molar-refractivity contribution >= 4 is 12.2 Å². The van der Waals surface area contributed by atoms with Crippen LogP contribution in [0.1, 0.15) is 0 Å². The molecule has 1 heterocycles. The molecule has 2 nitrogen and oxygen atoms in total. The van der Waals surface area contributed by atoms with Crippen LogP contribution in [0.5, 0.6) is 0 Å². The molecule has 0 amide bonds. The van der Waals surface area contributed by atoms with Gasteiger partial charge in [-0.2, -0.15) is 0 Å². The fourth-order valence-electron chi connectivity index (χ4n) is 1.01. The molecule has 1 N–H and O–H groups in total. The first-order valence-corrected chi connectivity index (χ1v) is 3.51. The van der Waals surface area contributed by atoms with Crippen molar-refractivity contribution in [2.45, 2.75) is 0 Å². The minimum absolute atomic E-state index is 0.991. The molecule has 1 aromatic heterocycles. The molecule has 0 saturated heterocycles. The number of fused-ring (bicyclic) bond motifs is 1. The Morgan fingerprint density at radius 3 is 2.73 bits per heavy atom. The zero-order chi connectivity index (χ0) is 7.52. The van der Waals surface area contributed by atoms with Gasteiger partial charge in [-0.05, 0) is 12.2 Å². The molecule has 11 heavy (non-hydrogen) atoms. The topological polar surface area (TPSA) is 28.7 Å². The molecule has 2 rings (SSSR count). The second-order valence-electron chi connectivity index (χ2n) is 2.30. The molecule has 0 saturated carbocycles. The van der Waals surface area contributed by atoms with Gasteiger partial charge in [-0.25, -0.2) is 4.98 Å². The molecule has 1 aliphatic carbocycles. The van der Waals surface area contributed by atoms with Crippen molar-refractivity contribution in [1.82, 2.24) is 9.97 Å². The van der Waals surface area contributed by atoms with E-state index in [1.165, 1.54) is 0 Å². The average molecular weight is 144 g/mol. The van der Waals surface area contributed by atoms with E-state index in [-0.39, 0.29) is 0 Å². The van der Waals surface area contributed by atoms with Gasteiger partial charge in [0.1, 0.15) is 0 Å². The van der Waals surface area contributed by atoms with E-state index in [2.05, 4.69) is 9.97 Å². The van der Waals surface area contributed by atoms with Crippen LogP contribution >= 0.6 is 0 Å². The highest BCUT2D eigenvalue weighted by Crippen LogP contribution is 1.81. The van der Waals surface area contributed by atoms with E-state index in [0.29, 0.717) is 0 Å². The summed E-state index contributed by atoms with van der Waals surface area (Å²) in [5.74, 6) is 0. The second-order valence-corrected chi connectivity index (χ2v) is 2.30. The average Bonchev–Trinajstić information content (AvgIpc) is 2.35. The van der Waals surface area contributed by atoms with E-state index in [0.717, 1.165) is 10.7 Å². The lowest BCUT2D eigenvalue weighted by Gasteiger charge is -1.80. The molecule has 0 bridgehead atoms. The van der Waals surface area contributed by atoms with Crippen LogP contribution in [-0.2, 0) is 0 Å². The van der Waals surface area contributed by atoms with E-state index < -0.39 is 0 Å². The summed E-state index contributed by atoms with van der Waals surface area (Å²) in [4.78, 5) is 7.17. The monoisotopic (exact) mass is 144 g/mol. The fourth-order valence-corrected chi connectivity index (χ4v) is 1.01. The smallest absolute Gasteiger partial charge is 0.0931 e. The number of aromatic amines is 1. The first kappa shape index (κ1) is 6.16. The molecule has 0 aromatic carbocycles. The highest BCUT2D eigenvalue weighted by molar-refractivity contribution is 5.44. The van der Waals surface area contributed by atoms with Crippen molar-refractivity contribution < 1.29 is 0 Å². The third kappa shape index (κ3) is 1.15. The van der Waals surface area contributed by atoms with Gasteiger partial charge in [0.05, 0.1) is 17.0 Å². The lowest BCUT2D eigenvalue weighted by molar-refractivity contribution is 1.29. The minimum Gasteiger partial charge on any atom is -0.345 e. The molecule has 0 aliphatic heterocycles. The Balaban J connectivity index is 2.80. The molecule has 2 heteroatoms. The Hall–Kier alpha value is -1.57. The molecule has 0 radical (unpaired) electrons. The summed E-state index contributed by atoms with van der Waals surface area (Å²) in [5.41, 5.74) is 0. The van der Waals surface area contributed by atoms with Crippen molar-refractivity contribution in [3.8, 4) is 0 Å². The number of aromatic nitrogens is 2. The van der Waals surface area contributed by atoms with Crippen LogP contribution in [0.25, 0.3) is 12.2 Å². The number of nitrogens with one attached hydrogen (secondary N) is 1. The summed E-state index contributed by atoms with van der Waals surface area (Å²) >= 11 is 0. The predicted octanol–water partition coefficient (Wildman–Crippen LogP) is 0.0967. The zero-order valence-corrected chi connectivity index (χ0v) is 5.99. The summed E-state index contributed by atoms with van der Waals surface area (Å²) < 4.78 is 0. The van der Waals surface area contributed by atoms with E-state index >= 15 is 0 Å². The molecule has 54 valence electrons. The number of rotatable bonds is 0. The third-order valence-corrected chi connectivity index (χ3v) is 1.55. The Morgan fingerprint density at radius 2 is 1.82 bits per heavy atom. The number of allylic oxidation sites excluding steroid dienone is 4. The number of H-pyrrole nitrogens is 1. The van der Waals surface area contributed by atoms with Crippen molar-refractivity contribution in [1.29, 1.82) is 0 Å². The van der Waals surface area contributed by atoms with Crippen molar-refractivity contribution in [2.24, 2.45) is 0 Å². The molecular weight excluding hydrogens is 136 g/mol. The van der Waals surface area contributed by atoms with E-state index in [1.54, 1.807) is 6.33 Å². The van der Waals surface area contributed by atoms with Gasteiger partial charge in [0.15, 0.2) is 0 Å². The Morgan fingerprint density at radius 1 is 1.00 bits per heavy atom. The number of hydrogen-bond donors (Lipinski definition) is 1. The van der Waals surface area contributed by atoms with E-state index in [9.17, 15) is 0 Å². The zero-order valence-electron chi connectivity index (χ0n) is 5.99. The molecule has 0 fully saturated rings. The Labute approximate surface area is 64.3 Å². The van der Waals surface area contributed by atoms with Crippen molar-refractivity contribution in [3.05, 3.63) is 41.3 Å². The van der Waals surface area contributed by atoms with Crippen LogP contribution in [0.4, 0.5) is 0 Å². The van der Waals surface area contributed by atoms with E-state index in [4.69, 9.17) is 0 Å². The lowest BCUT2D eigenvalue weighted by atomic mass is 10.3. The Kier molecular flexibility index (Phi) is 1.44. The van der Waals surface area contributed by atoms with Crippen LogP contribution in [0.15, 0.2) is 30.6 Å². The normalized spacial score (nSPS) is 14.2. The highest BCUT2D eigenvalue weighted by Gasteiger charge is 1.84. The van der Waals surface area contributed by atoms with Gasteiger partial charge in [-0.1, -0.05) is 24.3 Å². The van der Waals surface area contributed by atoms with Gasteiger partial charge in [0, 0.05) is 0 Å². The number of imidazole rings is 1. The summed E-state index contributed by atoms with van der Waals surface area (Å²) in [7, 11) is 0. The lowest BCUT2D eigenvalue weighted by Crippen LogP contribution is -2.23. The summed E-state index contributed by atoms with van der Waals surface area (Å²) in [5, 5.41) is 2.05. The first-order valence-electron chi connectivity index (χ1n) is 3.51. The maximum absolute atomic E-state index is 4.13. The van der Waals surface area contributed by atoms with E-state index in [1.807, 2.05) is 36.5 Å². The second kappa shape index (κ2) is 2.58. The van der Waals surface area contributed by atoms with Gasteiger partial charge >= 0.3 is 0 Å². The quantitative estimate of drug-likeness (QED) is 0.549. The number of hydrogen-bond acceptors (Lipinski definition) is 1. The van der Waals surface area contributed by atoms with Crippen LogP contribution in [0.3, 0.4) is 0 Å². The molecule has 0 spiro atoms. The molecule has 1 aliphatic rings. The largest absolute Gasteiger partial charge is 0.345 e.